The maximum absolute atomic E-state index is 12.2. The highest BCUT2D eigenvalue weighted by atomic mass is 33.1. The predicted molar refractivity (Wildman–Crippen MR) is 108 cm³/mol. The summed E-state index contributed by atoms with van der Waals surface area (Å²) >= 11 is 1.81. The Hall–Kier alpha value is -0.170. The fourth-order valence-corrected chi connectivity index (χ4v) is 7.35. The highest BCUT2D eigenvalue weighted by Gasteiger charge is 2.24. The molecule has 3 nitrogen and oxygen atoms in total. The number of carbonyl (C=O) groups is 1. The number of carbonyl (C=O) groups excluding carboxylic acids is 1. The summed E-state index contributed by atoms with van der Waals surface area (Å²) in [6, 6.07) is 4.68. The maximum atomic E-state index is 12.2. The molecule has 2 aliphatic heterocycles. The van der Waals surface area contributed by atoms with Crippen LogP contribution in [0.5, 0.6) is 0 Å². The Kier molecular flexibility index (Phi) is 7.83. The second-order valence-electron chi connectivity index (χ2n) is 6.65. The number of likely N-dealkylation sites (tertiary alicyclic amines) is 1. The van der Waals surface area contributed by atoms with E-state index in [9.17, 15) is 4.79 Å². The average Bonchev–Trinajstić information content (AvgIpc) is 3.34. The molecule has 0 aromatic carbocycles. The number of rotatable bonds is 9. The fraction of sp³-hybridized carbons (Fsp3) is 0.722. The van der Waals surface area contributed by atoms with Gasteiger partial charge in [-0.05, 0) is 56.6 Å². The van der Waals surface area contributed by atoms with E-state index in [1.54, 1.807) is 0 Å². The Morgan fingerprint density at radius 2 is 2.21 bits per heavy atom. The number of nitrogens with zero attached hydrogens (tertiary/aromatic N) is 1. The molecule has 1 aromatic rings. The van der Waals surface area contributed by atoms with Gasteiger partial charge in [0.1, 0.15) is 0 Å². The minimum atomic E-state index is 0.226. The van der Waals surface area contributed by atoms with E-state index in [1.165, 1.54) is 42.7 Å². The third-order valence-corrected chi connectivity index (χ3v) is 8.83. The zero-order valence-electron chi connectivity index (χ0n) is 14.2. The first-order chi connectivity index (χ1) is 11.8. The molecule has 2 saturated heterocycles. The molecule has 1 N–H and O–H groups in total. The van der Waals surface area contributed by atoms with Crippen LogP contribution in [0, 0.1) is 0 Å². The third-order valence-electron chi connectivity index (χ3n) is 4.85. The summed E-state index contributed by atoms with van der Waals surface area (Å²) in [4.78, 5) is 16.1. The van der Waals surface area contributed by atoms with E-state index in [0.29, 0.717) is 12.5 Å². The van der Waals surface area contributed by atoms with Crippen LogP contribution in [0.15, 0.2) is 17.5 Å². The SMILES string of the molecule is O=C(CCCCC1CCSS1)NCC(c1cccs1)N1CCCC1. The van der Waals surface area contributed by atoms with Crippen LogP contribution in [0.25, 0.3) is 0 Å². The van der Waals surface area contributed by atoms with Crippen molar-refractivity contribution in [1.29, 1.82) is 0 Å². The van der Waals surface area contributed by atoms with Gasteiger partial charge in [0, 0.05) is 28.8 Å². The molecule has 3 rings (SSSR count). The second kappa shape index (κ2) is 10.1. The van der Waals surface area contributed by atoms with Gasteiger partial charge in [-0.3, -0.25) is 9.69 Å². The zero-order chi connectivity index (χ0) is 16.6. The van der Waals surface area contributed by atoms with Crippen molar-refractivity contribution in [3.8, 4) is 0 Å². The summed E-state index contributed by atoms with van der Waals surface area (Å²) in [6.45, 7) is 3.08. The molecular weight excluding hydrogens is 356 g/mol. The topological polar surface area (TPSA) is 32.3 Å². The molecule has 2 unspecified atom stereocenters. The Bertz CT molecular complexity index is 482. The predicted octanol–water partition coefficient (Wildman–Crippen LogP) is 4.72. The molecule has 0 radical (unpaired) electrons. The molecule has 3 heterocycles. The first-order valence-electron chi connectivity index (χ1n) is 9.15. The summed E-state index contributed by atoms with van der Waals surface area (Å²) in [5.74, 6) is 1.53. The van der Waals surface area contributed by atoms with Crippen LogP contribution in [0.1, 0.15) is 55.9 Å². The Balaban J connectivity index is 1.36. The molecule has 0 bridgehead atoms. The third kappa shape index (κ3) is 5.68. The summed E-state index contributed by atoms with van der Waals surface area (Å²) in [5.41, 5.74) is 0. The molecule has 0 spiro atoms. The normalized spacial score (nSPS) is 22.8. The quantitative estimate of drug-likeness (QED) is 0.493. The van der Waals surface area contributed by atoms with Crippen molar-refractivity contribution in [2.75, 3.05) is 25.4 Å². The lowest BCUT2D eigenvalue weighted by Crippen LogP contribution is -2.36. The first kappa shape index (κ1) is 18.6. The van der Waals surface area contributed by atoms with Crippen molar-refractivity contribution < 1.29 is 4.79 Å². The van der Waals surface area contributed by atoms with Crippen molar-refractivity contribution in [2.24, 2.45) is 0 Å². The standard InChI is InChI=1S/C18H28N2OS3/c21-18(8-2-1-6-15-9-13-23-24-15)19-14-16(17-7-5-12-22-17)20-10-3-4-11-20/h5,7,12,15-16H,1-4,6,8-11,13-14H2,(H,19,21). The number of thiophene rings is 1. The van der Waals surface area contributed by atoms with Gasteiger partial charge < -0.3 is 5.32 Å². The van der Waals surface area contributed by atoms with E-state index in [-0.39, 0.29) is 5.91 Å². The smallest absolute Gasteiger partial charge is 0.220 e. The van der Waals surface area contributed by atoms with Crippen LogP contribution in [0.2, 0.25) is 0 Å². The van der Waals surface area contributed by atoms with Crippen LogP contribution in [0.4, 0.5) is 0 Å². The molecule has 6 heteroatoms. The maximum Gasteiger partial charge on any atom is 0.220 e. The molecular formula is C18H28N2OS3. The van der Waals surface area contributed by atoms with Crippen molar-refractivity contribution in [1.82, 2.24) is 10.2 Å². The van der Waals surface area contributed by atoms with Gasteiger partial charge in [-0.15, -0.1) is 11.3 Å². The Morgan fingerprint density at radius 1 is 1.33 bits per heavy atom. The lowest BCUT2D eigenvalue weighted by atomic mass is 10.1. The van der Waals surface area contributed by atoms with Gasteiger partial charge in [0.2, 0.25) is 5.91 Å². The van der Waals surface area contributed by atoms with Gasteiger partial charge in [-0.25, -0.2) is 0 Å². The van der Waals surface area contributed by atoms with Gasteiger partial charge in [0.15, 0.2) is 0 Å². The summed E-state index contributed by atoms with van der Waals surface area (Å²) in [7, 11) is 4.04. The van der Waals surface area contributed by atoms with Crippen LogP contribution in [-0.2, 0) is 4.79 Å². The molecule has 24 heavy (non-hydrogen) atoms. The fourth-order valence-electron chi connectivity index (χ4n) is 3.46. The number of amides is 1. The monoisotopic (exact) mass is 384 g/mol. The average molecular weight is 385 g/mol. The van der Waals surface area contributed by atoms with E-state index in [4.69, 9.17) is 0 Å². The number of unbranched alkanes of at least 4 members (excludes halogenated alkanes) is 1. The molecule has 0 aliphatic carbocycles. The molecule has 2 atom stereocenters. The first-order valence-corrected chi connectivity index (χ1v) is 12.4. The molecule has 1 amide bonds. The van der Waals surface area contributed by atoms with Crippen LogP contribution in [0.3, 0.4) is 0 Å². The number of nitrogens with one attached hydrogen (secondary N) is 1. The van der Waals surface area contributed by atoms with Crippen molar-refractivity contribution in [2.45, 2.75) is 56.2 Å². The summed E-state index contributed by atoms with van der Waals surface area (Å²) in [6.07, 6.45) is 8.09. The van der Waals surface area contributed by atoms with Gasteiger partial charge in [-0.2, -0.15) is 0 Å². The lowest BCUT2D eigenvalue weighted by Gasteiger charge is -2.27. The van der Waals surface area contributed by atoms with E-state index >= 15 is 0 Å². The van der Waals surface area contributed by atoms with E-state index in [1.807, 2.05) is 32.9 Å². The Labute approximate surface area is 157 Å². The van der Waals surface area contributed by atoms with E-state index < -0.39 is 0 Å². The van der Waals surface area contributed by atoms with Crippen LogP contribution < -0.4 is 5.32 Å². The van der Waals surface area contributed by atoms with E-state index in [2.05, 4.69) is 27.7 Å². The van der Waals surface area contributed by atoms with Gasteiger partial charge in [0.05, 0.1) is 6.04 Å². The molecule has 0 saturated carbocycles. The largest absolute Gasteiger partial charge is 0.354 e. The van der Waals surface area contributed by atoms with Gasteiger partial charge in [-0.1, -0.05) is 34.1 Å². The lowest BCUT2D eigenvalue weighted by molar-refractivity contribution is -0.121. The summed E-state index contributed by atoms with van der Waals surface area (Å²) in [5, 5.41) is 6.16. The molecule has 134 valence electrons. The second-order valence-corrected chi connectivity index (χ2v) is 10.4. The van der Waals surface area contributed by atoms with Crippen molar-refractivity contribution >= 4 is 38.8 Å². The molecule has 2 aliphatic rings. The van der Waals surface area contributed by atoms with Gasteiger partial charge >= 0.3 is 0 Å². The minimum absolute atomic E-state index is 0.226. The molecule has 2 fully saturated rings. The zero-order valence-corrected chi connectivity index (χ0v) is 16.7. The van der Waals surface area contributed by atoms with Gasteiger partial charge in [0.25, 0.3) is 0 Å². The highest BCUT2D eigenvalue weighted by molar-refractivity contribution is 8.77. The minimum Gasteiger partial charge on any atom is -0.354 e. The molecule has 1 aromatic heterocycles. The number of hydrogen-bond acceptors (Lipinski definition) is 5. The highest BCUT2D eigenvalue weighted by Crippen LogP contribution is 2.39. The van der Waals surface area contributed by atoms with Crippen LogP contribution in [-0.4, -0.2) is 41.4 Å². The number of hydrogen-bond donors (Lipinski definition) is 1. The van der Waals surface area contributed by atoms with Crippen molar-refractivity contribution in [3.63, 3.8) is 0 Å². The summed E-state index contributed by atoms with van der Waals surface area (Å²) < 4.78 is 0. The Morgan fingerprint density at radius 3 is 2.92 bits per heavy atom. The van der Waals surface area contributed by atoms with E-state index in [0.717, 1.165) is 31.3 Å². The van der Waals surface area contributed by atoms with Crippen molar-refractivity contribution in [3.05, 3.63) is 22.4 Å². The van der Waals surface area contributed by atoms with Crippen LogP contribution >= 0.6 is 32.9 Å².